The van der Waals surface area contributed by atoms with Gasteiger partial charge in [-0.25, -0.2) is 4.98 Å². The molecule has 0 bridgehead atoms. The number of nitrogens with one attached hydrogen (secondary N) is 1. The van der Waals surface area contributed by atoms with E-state index in [1.165, 1.54) is 0 Å². The molecule has 0 saturated heterocycles. The van der Waals surface area contributed by atoms with Crippen LogP contribution in [0.15, 0.2) is 18.2 Å². The molecule has 1 aromatic carbocycles. The Kier molecular flexibility index (Phi) is 5.45. The van der Waals surface area contributed by atoms with Gasteiger partial charge in [0.25, 0.3) is 0 Å². The lowest BCUT2D eigenvalue weighted by Crippen LogP contribution is -2.30. The van der Waals surface area contributed by atoms with Gasteiger partial charge in [0.15, 0.2) is 0 Å². The maximum Gasteiger partial charge on any atom is 0.240 e. The topological polar surface area (TPSA) is 56.1 Å². The highest BCUT2D eigenvalue weighted by atomic mass is 35.5. The molecule has 1 unspecified atom stereocenters. The highest BCUT2D eigenvalue weighted by Crippen LogP contribution is 2.26. The summed E-state index contributed by atoms with van der Waals surface area (Å²) in [5.74, 6) is 0.528. The van der Waals surface area contributed by atoms with E-state index in [1.54, 1.807) is 23.8 Å². The zero-order valence-corrected chi connectivity index (χ0v) is 13.4. The molecule has 0 aliphatic carbocycles. The van der Waals surface area contributed by atoms with Crippen molar-refractivity contribution in [3.05, 3.63) is 29.0 Å². The Labute approximate surface area is 133 Å². The van der Waals surface area contributed by atoms with Crippen molar-refractivity contribution in [3.63, 3.8) is 0 Å². The largest absolute Gasteiger partial charge is 0.383 e. The molecule has 7 heteroatoms. The van der Waals surface area contributed by atoms with Crippen molar-refractivity contribution >= 4 is 40.1 Å². The standard InChI is InChI=1S/C14H17Cl2N3O2/c1-9(15)14-18-11-4-3-10(16)7-12(11)19(14)8-13(20)17-5-6-21-2/h3-4,7,9H,5-6,8H2,1-2H3,(H,17,20). The van der Waals surface area contributed by atoms with Crippen molar-refractivity contribution in [2.45, 2.75) is 18.8 Å². The molecule has 0 aliphatic rings. The molecular formula is C14H17Cl2N3O2. The van der Waals surface area contributed by atoms with Crippen molar-refractivity contribution in [2.24, 2.45) is 0 Å². The number of benzene rings is 1. The van der Waals surface area contributed by atoms with Crippen LogP contribution in [0.4, 0.5) is 0 Å². The van der Waals surface area contributed by atoms with Gasteiger partial charge in [0.1, 0.15) is 12.4 Å². The van der Waals surface area contributed by atoms with Crippen molar-refractivity contribution in [2.75, 3.05) is 20.3 Å². The van der Waals surface area contributed by atoms with Crippen LogP contribution in [0.1, 0.15) is 18.1 Å². The van der Waals surface area contributed by atoms with Crippen LogP contribution in [0, 0.1) is 0 Å². The van der Waals surface area contributed by atoms with Gasteiger partial charge >= 0.3 is 0 Å². The summed E-state index contributed by atoms with van der Waals surface area (Å²) >= 11 is 12.2. The van der Waals surface area contributed by atoms with E-state index in [-0.39, 0.29) is 17.8 Å². The van der Waals surface area contributed by atoms with Crippen molar-refractivity contribution in [1.29, 1.82) is 0 Å². The fourth-order valence-corrected chi connectivity index (χ4v) is 2.41. The maximum absolute atomic E-state index is 12.0. The molecule has 21 heavy (non-hydrogen) atoms. The van der Waals surface area contributed by atoms with Gasteiger partial charge in [-0.2, -0.15) is 0 Å². The van der Waals surface area contributed by atoms with Crippen LogP contribution in [-0.4, -0.2) is 35.7 Å². The Morgan fingerprint density at radius 1 is 1.52 bits per heavy atom. The SMILES string of the molecule is COCCNC(=O)Cn1c(C(C)Cl)nc2ccc(Cl)cc21. The molecule has 1 amide bonds. The molecule has 1 heterocycles. The first kappa shape index (κ1) is 16.1. The lowest BCUT2D eigenvalue weighted by atomic mass is 10.3. The van der Waals surface area contributed by atoms with Gasteiger partial charge in [-0.05, 0) is 25.1 Å². The zero-order chi connectivity index (χ0) is 15.4. The van der Waals surface area contributed by atoms with E-state index < -0.39 is 0 Å². The van der Waals surface area contributed by atoms with E-state index in [1.807, 2.05) is 13.0 Å². The number of alkyl halides is 1. The Morgan fingerprint density at radius 3 is 2.95 bits per heavy atom. The van der Waals surface area contributed by atoms with Crippen LogP contribution < -0.4 is 5.32 Å². The van der Waals surface area contributed by atoms with Crippen LogP contribution in [0.3, 0.4) is 0 Å². The molecule has 5 nitrogen and oxygen atoms in total. The average Bonchev–Trinajstić information content (AvgIpc) is 2.77. The molecule has 2 rings (SSSR count). The summed E-state index contributed by atoms with van der Waals surface area (Å²) in [5.41, 5.74) is 1.57. The molecule has 114 valence electrons. The van der Waals surface area contributed by atoms with Gasteiger partial charge in [-0.15, -0.1) is 11.6 Å². The van der Waals surface area contributed by atoms with Crippen LogP contribution in [0.5, 0.6) is 0 Å². The number of fused-ring (bicyclic) bond motifs is 1. The molecule has 0 aliphatic heterocycles. The number of rotatable bonds is 6. The zero-order valence-electron chi connectivity index (χ0n) is 11.9. The number of methoxy groups -OCH3 is 1. The normalized spacial score (nSPS) is 12.6. The van der Waals surface area contributed by atoms with Gasteiger partial charge < -0.3 is 14.6 Å². The molecule has 0 radical (unpaired) electrons. The summed E-state index contributed by atoms with van der Waals surface area (Å²) in [6.45, 7) is 2.91. The third kappa shape index (κ3) is 3.87. The lowest BCUT2D eigenvalue weighted by molar-refractivity contribution is -0.121. The number of ether oxygens (including phenoxy) is 1. The van der Waals surface area contributed by atoms with Gasteiger partial charge in [0.05, 0.1) is 23.0 Å². The van der Waals surface area contributed by atoms with E-state index >= 15 is 0 Å². The van der Waals surface area contributed by atoms with E-state index in [0.717, 1.165) is 11.0 Å². The Bertz CT molecular complexity index is 640. The predicted octanol–water partition coefficient (Wildman–Crippen LogP) is 2.75. The van der Waals surface area contributed by atoms with Crippen LogP contribution >= 0.6 is 23.2 Å². The summed E-state index contributed by atoms with van der Waals surface area (Å²) in [4.78, 5) is 16.5. The van der Waals surface area contributed by atoms with E-state index in [2.05, 4.69) is 10.3 Å². The fourth-order valence-electron chi connectivity index (χ4n) is 2.08. The van der Waals surface area contributed by atoms with Gasteiger partial charge in [-0.3, -0.25) is 4.79 Å². The molecule has 0 spiro atoms. The van der Waals surface area contributed by atoms with Crippen molar-refractivity contribution < 1.29 is 9.53 Å². The van der Waals surface area contributed by atoms with Gasteiger partial charge in [0.2, 0.25) is 5.91 Å². The summed E-state index contributed by atoms with van der Waals surface area (Å²) in [6, 6.07) is 5.37. The highest BCUT2D eigenvalue weighted by Gasteiger charge is 2.17. The van der Waals surface area contributed by atoms with E-state index in [9.17, 15) is 4.79 Å². The first-order valence-electron chi connectivity index (χ1n) is 6.58. The second-order valence-corrected chi connectivity index (χ2v) is 5.74. The molecule has 0 fully saturated rings. The molecular weight excluding hydrogens is 313 g/mol. The van der Waals surface area contributed by atoms with Crippen LogP contribution in [0.2, 0.25) is 5.02 Å². The van der Waals surface area contributed by atoms with E-state index in [4.69, 9.17) is 27.9 Å². The van der Waals surface area contributed by atoms with Crippen LogP contribution in [0.25, 0.3) is 11.0 Å². The Morgan fingerprint density at radius 2 is 2.29 bits per heavy atom. The number of halogens is 2. The number of carbonyl (C=O) groups is 1. The van der Waals surface area contributed by atoms with Crippen molar-refractivity contribution in [1.82, 2.24) is 14.9 Å². The van der Waals surface area contributed by atoms with Crippen molar-refractivity contribution in [3.8, 4) is 0 Å². The molecule has 1 atom stereocenters. The lowest BCUT2D eigenvalue weighted by Gasteiger charge is -2.11. The molecule has 1 aromatic heterocycles. The van der Waals surface area contributed by atoms with Gasteiger partial charge in [0, 0.05) is 18.7 Å². The number of imidazole rings is 1. The number of hydrogen-bond donors (Lipinski definition) is 1. The summed E-state index contributed by atoms with van der Waals surface area (Å²) in [7, 11) is 1.59. The number of amides is 1. The maximum atomic E-state index is 12.0. The predicted molar refractivity (Wildman–Crippen MR) is 83.9 cm³/mol. The highest BCUT2D eigenvalue weighted by molar-refractivity contribution is 6.31. The number of hydrogen-bond acceptors (Lipinski definition) is 3. The second kappa shape index (κ2) is 7.11. The third-order valence-electron chi connectivity index (χ3n) is 3.03. The van der Waals surface area contributed by atoms with Crippen LogP contribution in [-0.2, 0) is 16.1 Å². The molecule has 0 saturated carbocycles. The minimum absolute atomic E-state index is 0.120. The summed E-state index contributed by atoms with van der Waals surface area (Å²) < 4.78 is 6.70. The monoisotopic (exact) mass is 329 g/mol. The minimum Gasteiger partial charge on any atom is -0.383 e. The third-order valence-corrected chi connectivity index (χ3v) is 3.46. The number of nitrogens with zero attached hydrogens (tertiary/aromatic N) is 2. The first-order valence-corrected chi connectivity index (χ1v) is 7.39. The quantitative estimate of drug-likeness (QED) is 0.654. The summed E-state index contributed by atoms with van der Waals surface area (Å²) in [6.07, 6.45) is 0. The number of aromatic nitrogens is 2. The first-order chi connectivity index (χ1) is 10.0. The van der Waals surface area contributed by atoms with E-state index in [0.29, 0.717) is 24.0 Å². The smallest absolute Gasteiger partial charge is 0.240 e. The minimum atomic E-state index is -0.303. The number of carbonyl (C=O) groups excluding carboxylic acids is 1. The average molecular weight is 330 g/mol. The second-order valence-electron chi connectivity index (χ2n) is 4.65. The Hall–Kier alpha value is -1.30. The molecule has 1 N–H and O–H groups in total. The molecule has 2 aromatic rings. The Balaban J connectivity index is 2.29. The summed E-state index contributed by atoms with van der Waals surface area (Å²) in [5, 5.41) is 3.07. The van der Waals surface area contributed by atoms with Gasteiger partial charge in [-0.1, -0.05) is 11.6 Å². The fraction of sp³-hybridized carbons (Fsp3) is 0.429.